The first-order chi connectivity index (χ1) is 13.0. The van der Waals surface area contributed by atoms with Crippen LogP contribution in [-0.2, 0) is 4.74 Å². The van der Waals surface area contributed by atoms with E-state index in [1.165, 1.54) is 11.1 Å². The van der Waals surface area contributed by atoms with Gasteiger partial charge in [0.25, 0.3) is 5.91 Å². The van der Waals surface area contributed by atoms with Crippen molar-refractivity contribution in [3.05, 3.63) is 53.2 Å². The molecule has 27 heavy (non-hydrogen) atoms. The first-order valence-corrected chi connectivity index (χ1v) is 9.29. The molecule has 1 amide bonds. The zero-order valence-electron chi connectivity index (χ0n) is 16.3. The van der Waals surface area contributed by atoms with E-state index in [9.17, 15) is 4.79 Å². The third kappa shape index (κ3) is 4.98. The molecule has 1 aromatic heterocycles. The predicted octanol–water partition coefficient (Wildman–Crippen LogP) is 2.69. The van der Waals surface area contributed by atoms with Crippen LogP contribution in [-0.4, -0.2) is 62.3 Å². The highest BCUT2D eigenvalue weighted by atomic mass is 16.5. The standard InChI is InChI=1S/C21H27N3O3/c1-16-13-17(2)15-18(14-16)27-12-7-23(3)21(25)19-5-4-6-22-20(19)24-8-10-26-11-9-24/h4-6,13-15H,7-12H2,1-3H3. The quantitative estimate of drug-likeness (QED) is 0.784. The highest BCUT2D eigenvalue weighted by Gasteiger charge is 2.22. The lowest BCUT2D eigenvalue weighted by molar-refractivity contribution is 0.0772. The Labute approximate surface area is 160 Å². The monoisotopic (exact) mass is 369 g/mol. The second kappa shape index (κ2) is 8.86. The number of likely N-dealkylation sites (N-methyl/N-ethyl adjacent to an activating group) is 1. The van der Waals surface area contributed by atoms with Crippen LogP contribution in [0.5, 0.6) is 5.75 Å². The van der Waals surface area contributed by atoms with Crippen molar-refractivity contribution < 1.29 is 14.3 Å². The number of aromatic nitrogens is 1. The van der Waals surface area contributed by atoms with Gasteiger partial charge >= 0.3 is 0 Å². The van der Waals surface area contributed by atoms with Gasteiger partial charge in [0.2, 0.25) is 0 Å². The minimum absolute atomic E-state index is 0.0476. The summed E-state index contributed by atoms with van der Waals surface area (Å²) in [6.45, 7) is 7.85. The summed E-state index contributed by atoms with van der Waals surface area (Å²) in [5.74, 6) is 1.52. The molecular formula is C21H27N3O3. The number of aryl methyl sites for hydroxylation is 2. The molecule has 0 radical (unpaired) electrons. The number of hydrogen-bond donors (Lipinski definition) is 0. The van der Waals surface area contributed by atoms with Crippen molar-refractivity contribution in [1.29, 1.82) is 0 Å². The zero-order valence-corrected chi connectivity index (χ0v) is 16.3. The highest BCUT2D eigenvalue weighted by molar-refractivity contribution is 5.98. The average molecular weight is 369 g/mol. The van der Waals surface area contributed by atoms with E-state index in [-0.39, 0.29) is 5.91 Å². The van der Waals surface area contributed by atoms with E-state index in [0.29, 0.717) is 31.9 Å². The van der Waals surface area contributed by atoms with Gasteiger partial charge in [-0.15, -0.1) is 0 Å². The molecule has 0 aliphatic carbocycles. The van der Waals surface area contributed by atoms with Crippen molar-refractivity contribution in [2.45, 2.75) is 13.8 Å². The molecule has 144 valence electrons. The Hall–Kier alpha value is -2.60. The molecule has 2 aromatic rings. The summed E-state index contributed by atoms with van der Waals surface area (Å²) in [5.41, 5.74) is 2.95. The third-order valence-electron chi connectivity index (χ3n) is 4.57. The van der Waals surface area contributed by atoms with Gasteiger partial charge in [0.15, 0.2) is 0 Å². The molecule has 6 nitrogen and oxygen atoms in total. The highest BCUT2D eigenvalue weighted by Crippen LogP contribution is 2.20. The van der Waals surface area contributed by atoms with Crippen molar-refractivity contribution in [3.63, 3.8) is 0 Å². The van der Waals surface area contributed by atoms with E-state index < -0.39 is 0 Å². The van der Waals surface area contributed by atoms with Gasteiger partial charge < -0.3 is 19.3 Å². The lowest BCUT2D eigenvalue weighted by Gasteiger charge is -2.29. The molecule has 1 aliphatic heterocycles. The van der Waals surface area contributed by atoms with Crippen LogP contribution in [0, 0.1) is 13.8 Å². The summed E-state index contributed by atoms with van der Waals surface area (Å²) in [6.07, 6.45) is 1.73. The molecule has 0 bridgehead atoms. The number of rotatable bonds is 6. The molecule has 6 heteroatoms. The topological polar surface area (TPSA) is 54.9 Å². The Bertz CT molecular complexity index is 768. The summed E-state index contributed by atoms with van der Waals surface area (Å²) in [7, 11) is 1.79. The van der Waals surface area contributed by atoms with Gasteiger partial charge in [-0.25, -0.2) is 4.98 Å². The lowest BCUT2D eigenvalue weighted by Crippen LogP contribution is -2.39. The van der Waals surface area contributed by atoms with Gasteiger partial charge in [0.05, 0.1) is 25.3 Å². The van der Waals surface area contributed by atoms with Gasteiger partial charge in [-0.1, -0.05) is 6.07 Å². The maximum absolute atomic E-state index is 12.9. The van der Waals surface area contributed by atoms with Crippen molar-refractivity contribution in [1.82, 2.24) is 9.88 Å². The fourth-order valence-electron chi connectivity index (χ4n) is 3.21. The number of nitrogens with zero attached hydrogens (tertiary/aromatic N) is 3. The minimum Gasteiger partial charge on any atom is -0.492 e. The van der Waals surface area contributed by atoms with Crippen LogP contribution >= 0.6 is 0 Å². The normalized spacial score (nSPS) is 14.1. The molecule has 0 spiro atoms. The van der Waals surface area contributed by atoms with Crippen LogP contribution < -0.4 is 9.64 Å². The summed E-state index contributed by atoms with van der Waals surface area (Å²) in [4.78, 5) is 21.2. The van der Waals surface area contributed by atoms with E-state index in [4.69, 9.17) is 9.47 Å². The Morgan fingerprint density at radius 1 is 1.22 bits per heavy atom. The SMILES string of the molecule is Cc1cc(C)cc(OCCN(C)C(=O)c2cccnc2N2CCOCC2)c1. The third-order valence-corrected chi connectivity index (χ3v) is 4.57. The zero-order chi connectivity index (χ0) is 19.2. The van der Waals surface area contributed by atoms with Gasteiger partial charge in [0, 0.05) is 26.3 Å². The minimum atomic E-state index is -0.0476. The number of pyridine rings is 1. The fraction of sp³-hybridized carbons (Fsp3) is 0.429. The van der Waals surface area contributed by atoms with Crippen molar-refractivity contribution in [2.75, 3.05) is 51.4 Å². The molecule has 0 saturated carbocycles. The average Bonchev–Trinajstić information content (AvgIpc) is 2.67. The second-order valence-corrected chi connectivity index (χ2v) is 6.87. The molecule has 0 atom stereocenters. The van der Waals surface area contributed by atoms with E-state index >= 15 is 0 Å². The molecule has 1 aromatic carbocycles. The Morgan fingerprint density at radius 2 is 1.93 bits per heavy atom. The summed E-state index contributed by atoms with van der Waals surface area (Å²) in [6, 6.07) is 9.76. The van der Waals surface area contributed by atoms with Crippen molar-refractivity contribution >= 4 is 11.7 Å². The number of carbonyl (C=O) groups excluding carboxylic acids is 1. The van der Waals surface area contributed by atoms with Crippen molar-refractivity contribution in [3.8, 4) is 5.75 Å². The van der Waals surface area contributed by atoms with E-state index in [1.807, 2.05) is 32.0 Å². The number of benzene rings is 1. The molecule has 0 N–H and O–H groups in total. The van der Waals surface area contributed by atoms with Crippen LogP contribution in [0.4, 0.5) is 5.82 Å². The number of carbonyl (C=O) groups is 1. The second-order valence-electron chi connectivity index (χ2n) is 6.87. The molecule has 1 fully saturated rings. The fourth-order valence-corrected chi connectivity index (χ4v) is 3.21. The molecule has 3 rings (SSSR count). The molecule has 2 heterocycles. The van der Waals surface area contributed by atoms with Gasteiger partial charge in [-0.2, -0.15) is 0 Å². The van der Waals surface area contributed by atoms with Crippen LogP contribution in [0.15, 0.2) is 36.5 Å². The van der Waals surface area contributed by atoms with Crippen LogP contribution in [0.3, 0.4) is 0 Å². The van der Waals surface area contributed by atoms with Gasteiger partial charge in [-0.05, 0) is 49.2 Å². The van der Waals surface area contributed by atoms with Crippen LogP contribution in [0.25, 0.3) is 0 Å². The van der Waals surface area contributed by atoms with E-state index in [0.717, 1.165) is 24.7 Å². The van der Waals surface area contributed by atoms with Gasteiger partial charge in [-0.3, -0.25) is 4.79 Å². The van der Waals surface area contributed by atoms with Crippen LogP contribution in [0.1, 0.15) is 21.5 Å². The molecular weight excluding hydrogens is 342 g/mol. The summed E-state index contributed by atoms with van der Waals surface area (Å²) >= 11 is 0. The maximum Gasteiger partial charge on any atom is 0.257 e. The largest absolute Gasteiger partial charge is 0.492 e. The molecule has 1 aliphatic rings. The predicted molar refractivity (Wildman–Crippen MR) is 106 cm³/mol. The first kappa shape index (κ1) is 19.2. The summed E-state index contributed by atoms with van der Waals surface area (Å²) in [5, 5.41) is 0. The number of morpholine rings is 1. The van der Waals surface area contributed by atoms with Crippen LogP contribution in [0.2, 0.25) is 0 Å². The smallest absolute Gasteiger partial charge is 0.257 e. The number of amides is 1. The Morgan fingerprint density at radius 3 is 2.63 bits per heavy atom. The maximum atomic E-state index is 12.9. The Balaban J connectivity index is 1.62. The number of ether oxygens (including phenoxy) is 2. The molecule has 1 saturated heterocycles. The lowest BCUT2D eigenvalue weighted by atomic mass is 10.1. The van der Waals surface area contributed by atoms with Gasteiger partial charge in [0.1, 0.15) is 18.2 Å². The molecule has 0 unspecified atom stereocenters. The Kier molecular flexibility index (Phi) is 6.29. The number of hydrogen-bond acceptors (Lipinski definition) is 5. The summed E-state index contributed by atoms with van der Waals surface area (Å²) < 4.78 is 11.2. The number of anilines is 1. The van der Waals surface area contributed by atoms with E-state index in [2.05, 4.69) is 16.0 Å². The first-order valence-electron chi connectivity index (χ1n) is 9.29. The van der Waals surface area contributed by atoms with Crippen molar-refractivity contribution in [2.24, 2.45) is 0 Å². The van der Waals surface area contributed by atoms with E-state index in [1.54, 1.807) is 24.2 Å².